The van der Waals surface area contributed by atoms with Gasteiger partial charge in [-0.3, -0.25) is 19.2 Å². The van der Waals surface area contributed by atoms with Gasteiger partial charge in [-0.05, 0) is 67.8 Å². The summed E-state index contributed by atoms with van der Waals surface area (Å²) < 4.78 is 68.6. The Hall–Kier alpha value is -6.68. The number of nitrogens with two attached hydrogens (primary N) is 1. The number of hydrogen-bond donors (Lipinski definition) is 8. The molecule has 0 saturated carbocycles. The third-order valence-corrected chi connectivity index (χ3v) is 16.5. The highest BCUT2D eigenvalue weighted by Crippen LogP contribution is 2.58. The fourth-order valence-electron chi connectivity index (χ4n) is 12.4. The summed E-state index contributed by atoms with van der Waals surface area (Å²) in [6.45, 7) is 4.72. The Labute approximate surface area is 456 Å². The lowest BCUT2D eigenvalue weighted by molar-refractivity contribution is -0.364. The van der Waals surface area contributed by atoms with E-state index in [-0.39, 0.29) is 78.1 Å². The molecule has 0 amide bonds. The number of phenolic OH excluding ortho intramolecular Hbond substituents is 3. The van der Waals surface area contributed by atoms with Gasteiger partial charge in [0.05, 0.1) is 81.6 Å². The lowest BCUT2D eigenvalue weighted by atomic mass is 9.66. The van der Waals surface area contributed by atoms with Gasteiger partial charge in [0.25, 0.3) is 0 Å². The number of esters is 1. The minimum atomic E-state index is -2.00. The van der Waals surface area contributed by atoms with Crippen molar-refractivity contribution >= 4 is 23.3 Å². The molecular weight excluding hydrogens is 1050 g/mol. The first kappa shape index (κ1) is 55.2. The van der Waals surface area contributed by atoms with E-state index in [1.165, 1.54) is 46.5 Å². The molecule has 3 aliphatic carbocycles. The van der Waals surface area contributed by atoms with Crippen LogP contribution in [0.2, 0.25) is 0 Å². The van der Waals surface area contributed by atoms with Gasteiger partial charge in [-0.2, -0.15) is 0 Å². The normalized spacial score (nSPS) is 33.5. The lowest BCUT2D eigenvalue weighted by Gasteiger charge is -2.47. The Balaban J connectivity index is 0.000000170. The molecule has 0 radical (unpaired) electrons. The molecule has 428 valence electrons. The van der Waals surface area contributed by atoms with Crippen molar-refractivity contribution in [1.29, 1.82) is 0 Å². The highest BCUT2D eigenvalue weighted by Gasteiger charge is 2.57. The fraction of sp³-hybridized carbons (Fsp3) is 0.500. The number of hydrogen-bond acceptors (Lipinski definition) is 24. The van der Waals surface area contributed by atoms with Gasteiger partial charge in [-0.25, -0.2) is 0 Å². The highest BCUT2D eigenvalue weighted by atomic mass is 16.8. The first-order chi connectivity index (χ1) is 38.2. The second kappa shape index (κ2) is 21.0. The molecule has 2 unspecified atom stereocenters. The van der Waals surface area contributed by atoms with Crippen molar-refractivity contribution in [3.8, 4) is 46.0 Å². The number of rotatable bonds is 9. The van der Waals surface area contributed by atoms with Crippen LogP contribution in [-0.4, -0.2) is 168 Å². The number of aliphatic hydroxyl groups excluding tert-OH is 3. The molecule has 4 fully saturated rings. The van der Waals surface area contributed by atoms with Gasteiger partial charge in [0.1, 0.15) is 47.3 Å². The van der Waals surface area contributed by atoms with E-state index in [0.29, 0.717) is 28.2 Å². The molecule has 24 nitrogen and oxygen atoms in total. The average Bonchev–Trinajstić information content (AvgIpc) is 4.10. The number of carbonyl (C=O) groups excluding carboxylic acids is 4. The number of methoxy groups -OCH3 is 3. The maximum atomic E-state index is 13.6. The van der Waals surface area contributed by atoms with Crippen molar-refractivity contribution in [2.24, 2.45) is 17.6 Å². The van der Waals surface area contributed by atoms with E-state index in [2.05, 4.69) is 0 Å². The second-order valence-corrected chi connectivity index (χ2v) is 21.1. The summed E-state index contributed by atoms with van der Waals surface area (Å²) in [6, 6.07) is 10.7. The maximum Gasteiger partial charge on any atom is 0.310 e. The van der Waals surface area contributed by atoms with Crippen LogP contribution in [-0.2, 0) is 49.2 Å². The van der Waals surface area contributed by atoms with E-state index in [4.69, 9.17) is 62.6 Å². The molecule has 0 bridgehead atoms. The van der Waals surface area contributed by atoms with Crippen LogP contribution < -0.4 is 29.4 Å². The van der Waals surface area contributed by atoms with Crippen molar-refractivity contribution in [2.75, 3.05) is 41.3 Å². The molecule has 9 N–H and O–H groups in total. The SMILES string of the molecule is COc1cc([C@@H]2c3cc4c(cc3C(O[C@@H]3O[C@@H]5CO[C@@H](C)O[C@H]5[C@H](O)[C@H]3O)C3COC(=O)[C@@H]32)OCO4)cc(OC)c1O.COc1cccc2c1C(=O)c1c(O)c3c(c(O)c1C2=O)C[C@@](O)(C(C)=O)C[C@@H]3O[C@H]1C[C@H](N)[C@H](O)[C@H](C)O1. The van der Waals surface area contributed by atoms with Crippen LogP contribution in [0.4, 0.5) is 0 Å². The zero-order valence-corrected chi connectivity index (χ0v) is 44.2. The zero-order chi connectivity index (χ0) is 57.0. The van der Waals surface area contributed by atoms with Crippen molar-refractivity contribution in [1.82, 2.24) is 0 Å². The number of cyclic esters (lactones) is 1. The minimum absolute atomic E-state index is 0.0147. The highest BCUT2D eigenvalue weighted by molar-refractivity contribution is 6.31. The van der Waals surface area contributed by atoms with Crippen LogP contribution in [0.3, 0.4) is 0 Å². The molecule has 4 saturated heterocycles. The van der Waals surface area contributed by atoms with Gasteiger partial charge in [0.2, 0.25) is 18.3 Å². The number of ether oxygens (including phenoxy) is 12. The molecule has 4 aromatic rings. The Kier molecular flexibility index (Phi) is 14.5. The van der Waals surface area contributed by atoms with Crippen molar-refractivity contribution in [2.45, 2.75) is 125 Å². The van der Waals surface area contributed by atoms with Gasteiger partial charge in [-0.1, -0.05) is 12.1 Å². The number of carbonyl (C=O) groups is 4. The molecule has 5 heterocycles. The third kappa shape index (κ3) is 9.06. The Morgan fingerprint density at radius 3 is 2.09 bits per heavy atom. The van der Waals surface area contributed by atoms with E-state index in [1.807, 2.05) is 0 Å². The van der Waals surface area contributed by atoms with E-state index in [0.717, 1.165) is 0 Å². The van der Waals surface area contributed by atoms with Crippen molar-refractivity contribution < 1.29 is 112 Å². The summed E-state index contributed by atoms with van der Waals surface area (Å²) in [6.07, 6.45) is -11.3. The number of aliphatic hydroxyl groups is 4. The maximum absolute atomic E-state index is 13.6. The number of Topliss-reactive ketones (excluding diaryl/α,β-unsaturated/α-hetero) is 1. The van der Waals surface area contributed by atoms with Gasteiger partial charge in [-0.15, -0.1) is 0 Å². The van der Waals surface area contributed by atoms with E-state index in [9.17, 15) is 54.9 Å². The Bertz CT molecular complexity index is 3130. The van der Waals surface area contributed by atoms with E-state index < -0.39 is 149 Å². The lowest BCUT2D eigenvalue weighted by Crippen LogP contribution is -2.63. The Morgan fingerprint density at radius 2 is 1.43 bits per heavy atom. The molecule has 80 heavy (non-hydrogen) atoms. The second-order valence-electron chi connectivity index (χ2n) is 21.1. The molecular formula is C56H61NO23. The van der Waals surface area contributed by atoms with Gasteiger partial charge >= 0.3 is 5.97 Å². The van der Waals surface area contributed by atoms with Crippen LogP contribution in [0.1, 0.15) is 111 Å². The quantitative estimate of drug-likeness (QED) is 0.0776. The summed E-state index contributed by atoms with van der Waals surface area (Å²) >= 11 is 0. The van der Waals surface area contributed by atoms with Crippen LogP contribution in [0.15, 0.2) is 42.5 Å². The third-order valence-electron chi connectivity index (χ3n) is 16.5. The first-order valence-corrected chi connectivity index (χ1v) is 26.0. The minimum Gasteiger partial charge on any atom is -0.507 e. The summed E-state index contributed by atoms with van der Waals surface area (Å²) in [5.74, 6) is -4.20. The average molecular weight is 1120 g/mol. The number of aromatic hydroxyl groups is 3. The van der Waals surface area contributed by atoms with Crippen molar-refractivity contribution in [3.05, 3.63) is 92.5 Å². The molecule has 0 aromatic heterocycles. The van der Waals surface area contributed by atoms with Crippen LogP contribution in [0, 0.1) is 11.8 Å². The van der Waals surface area contributed by atoms with Crippen LogP contribution in [0.5, 0.6) is 46.0 Å². The van der Waals surface area contributed by atoms with Crippen LogP contribution >= 0.6 is 0 Å². The molecule has 4 aromatic carbocycles. The van der Waals surface area contributed by atoms with E-state index in [1.54, 1.807) is 38.1 Å². The zero-order valence-electron chi connectivity index (χ0n) is 44.2. The van der Waals surface area contributed by atoms with Crippen molar-refractivity contribution in [3.63, 3.8) is 0 Å². The van der Waals surface area contributed by atoms with Crippen LogP contribution in [0.25, 0.3) is 0 Å². The summed E-state index contributed by atoms with van der Waals surface area (Å²) in [5.41, 5.74) is 4.99. The number of phenols is 3. The largest absolute Gasteiger partial charge is 0.507 e. The fourth-order valence-corrected chi connectivity index (χ4v) is 12.4. The van der Waals surface area contributed by atoms with Gasteiger partial charge in [0.15, 0.2) is 53.4 Å². The topological polar surface area (TPSA) is 347 Å². The Morgan fingerprint density at radius 1 is 0.750 bits per heavy atom. The summed E-state index contributed by atoms with van der Waals surface area (Å²) in [4.78, 5) is 53.0. The number of ketones is 3. The molecule has 0 spiro atoms. The van der Waals surface area contributed by atoms with E-state index >= 15 is 0 Å². The monoisotopic (exact) mass is 1120 g/mol. The molecule has 16 atom stereocenters. The predicted molar refractivity (Wildman–Crippen MR) is 269 cm³/mol. The van der Waals surface area contributed by atoms with Gasteiger partial charge in [0, 0.05) is 53.8 Å². The predicted octanol–water partition coefficient (Wildman–Crippen LogP) is 2.37. The standard InChI is InChI=1S/C29H32O13.C27H29NO10/c1-11-36-9-20-27(40-11)24(31)25(32)29(41-20)42-26-14-7-17-16(38-10-39-17)6-13(14)21(22-15(26)8-37-28(22)33)12-4-18(34-2)23(30)19(5-12)35-3;1-10-22(30)14(28)7-17(37-10)38-16-9-27(35,11(2)29)8-13-19(16)26(34)21-20(24(13)32)23(31)12-5-4-6-15(36-3)18(12)25(21)33/h4-7,11,15,20-22,24-27,29-32H,8-10H2,1-3H3;4-6,10,14,16-17,22,30,32,34-35H,7-9,28H2,1-3H3/t11-,15?,20-,21-,22+,24-,25-,26?,27-,29+;10-,14-,16-,17-,22+,27-/m10/s1. The molecule has 8 aliphatic rings. The summed E-state index contributed by atoms with van der Waals surface area (Å²) in [5, 5.41) is 76.6. The first-order valence-electron chi connectivity index (χ1n) is 26.0. The number of fused-ring (bicyclic) bond motifs is 7. The summed E-state index contributed by atoms with van der Waals surface area (Å²) in [7, 11) is 4.20. The number of benzene rings is 4. The molecule has 24 heteroatoms. The molecule has 5 aliphatic heterocycles. The smallest absolute Gasteiger partial charge is 0.310 e. The van der Waals surface area contributed by atoms with Gasteiger partial charge < -0.3 is 98.3 Å². The molecule has 12 rings (SSSR count).